The van der Waals surface area contributed by atoms with Crippen LogP contribution in [0, 0.1) is 0 Å². The maximum absolute atomic E-state index is 12.3. The van der Waals surface area contributed by atoms with Crippen LogP contribution in [0.25, 0.3) is 0 Å². The summed E-state index contributed by atoms with van der Waals surface area (Å²) in [7, 11) is 1.81. The molecule has 0 N–H and O–H groups in total. The van der Waals surface area contributed by atoms with Crippen molar-refractivity contribution in [2.24, 2.45) is 7.05 Å². The van der Waals surface area contributed by atoms with Crippen molar-refractivity contribution in [1.29, 1.82) is 0 Å². The van der Waals surface area contributed by atoms with Gasteiger partial charge in [0, 0.05) is 29.7 Å². The van der Waals surface area contributed by atoms with Gasteiger partial charge in [0.25, 0.3) is 0 Å². The van der Waals surface area contributed by atoms with Gasteiger partial charge in [-0.2, -0.15) is 5.10 Å². The molecule has 5 heteroatoms. The first-order chi connectivity index (χ1) is 9.01. The maximum Gasteiger partial charge on any atom is 0.170 e. The molecule has 0 saturated heterocycles. The topological polar surface area (TPSA) is 34.9 Å². The molecule has 1 aromatic carbocycles. The molecule has 0 amide bonds. The molecule has 2 rings (SSSR count). The molecule has 3 nitrogen and oxygen atoms in total. The number of halogens is 2. The van der Waals surface area contributed by atoms with E-state index >= 15 is 0 Å². The Balaban J connectivity index is 2.27. The summed E-state index contributed by atoms with van der Waals surface area (Å²) in [6, 6.07) is 5.14. The average Bonchev–Trinajstić information content (AvgIpc) is 2.75. The van der Waals surface area contributed by atoms with Crippen LogP contribution in [0.3, 0.4) is 0 Å². The van der Waals surface area contributed by atoms with Gasteiger partial charge in [-0.3, -0.25) is 9.48 Å². The van der Waals surface area contributed by atoms with E-state index in [-0.39, 0.29) is 12.2 Å². The van der Waals surface area contributed by atoms with Crippen molar-refractivity contribution in [2.75, 3.05) is 0 Å². The molecule has 2 aromatic rings. The summed E-state index contributed by atoms with van der Waals surface area (Å²) in [6.07, 6.45) is 2.71. The number of carbonyl (C=O) groups excluding carboxylic acids is 1. The second-order valence-corrected chi connectivity index (χ2v) is 5.20. The van der Waals surface area contributed by atoms with Crippen LogP contribution in [-0.2, 0) is 19.9 Å². The van der Waals surface area contributed by atoms with Crippen molar-refractivity contribution in [1.82, 2.24) is 9.78 Å². The summed E-state index contributed by atoms with van der Waals surface area (Å²) in [6.45, 7) is 1.98. The summed E-state index contributed by atoms with van der Waals surface area (Å²) < 4.78 is 1.66. The third kappa shape index (κ3) is 3.17. The third-order valence-electron chi connectivity index (χ3n) is 2.90. The number of rotatable bonds is 4. The van der Waals surface area contributed by atoms with Gasteiger partial charge in [-0.05, 0) is 30.2 Å². The van der Waals surface area contributed by atoms with Crippen molar-refractivity contribution in [3.05, 3.63) is 51.3 Å². The van der Waals surface area contributed by atoms with Crippen LogP contribution >= 0.6 is 23.2 Å². The van der Waals surface area contributed by atoms with E-state index in [1.54, 1.807) is 29.1 Å². The molecule has 0 spiro atoms. The Hall–Kier alpha value is -1.32. The van der Waals surface area contributed by atoms with Gasteiger partial charge in [-0.25, -0.2) is 0 Å². The van der Waals surface area contributed by atoms with Gasteiger partial charge in [0.1, 0.15) is 0 Å². The Bertz CT molecular complexity index is 620. The van der Waals surface area contributed by atoms with E-state index in [1.165, 1.54) is 0 Å². The number of carbonyl (C=O) groups is 1. The number of aryl methyl sites for hydroxylation is 2. The molecule has 0 unspecified atom stereocenters. The van der Waals surface area contributed by atoms with Crippen LogP contribution in [0.2, 0.25) is 10.0 Å². The lowest BCUT2D eigenvalue weighted by Gasteiger charge is -2.04. The smallest absolute Gasteiger partial charge is 0.170 e. The highest BCUT2D eigenvalue weighted by Gasteiger charge is 2.16. The number of hydrogen-bond donors (Lipinski definition) is 0. The lowest BCUT2D eigenvalue weighted by Crippen LogP contribution is -2.05. The molecular formula is C14H14Cl2N2O. The van der Waals surface area contributed by atoms with E-state index in [9.17, 15) is 4.79 Å². The van der Waals surface area contributed by atoms with E-state index in [0.29, 0.717) is 15.6 Å². The standard InChI is InChI=1S/C14H14Cl2N2O/c1-3-13-11(8-18(2)17-13)14(19)7-9-6-10(15)4-5-12(9)16/h4-6,8H,3,7H2,1-2H3. The summed E-state index contributed by atoms with van der Waals surface area (Å²) in [5, 5.41) is 5.40. The van der Waals surface area contributed by atoms with Crippen molar-refractivity contribution in [3.8, 4) is 0 Å². The van der Waals surface area contributed by atoms with E-state index in [1.807, 2.05) is 14.0 Å². The van der Waals surface area contributed by atoms with Crippen LogP contribution in [0.15, 0.2) is 24.4 Å². The highest BCUT2D eigenvalue weighted by Crippen LogP contribution is 2.22. The number of hydrogen-bond acceptors (Lipinski definition) is 2. The first-order valence-corrected chi connectivity index (χ1v) is 6.76. The number of ketones is 1. The predicted molar refractivity (Wildman–Crippen MR) is 77.1 cm³/mol. The largest absolute Gasteiger partial charge is 0.294 e. The van der Waals surface area contributed by atoms with Gasteiger partial charge in [-0.15, -0.1) is 0 Å². The molecular weight excluding hydrogens is 283 g/mol. The fraction of sp³-hybridized carbons (Fsp3) is 0.286. The fourth-order valence-electron chi connectivity index (χ4n) is 1.98. The van der Waals surface area contributed by atoms with Gasteiger partial charge in [0.15, 0.2) is 5.78 Å². The van der Waals surface area contributed by atoms with Crippen molar-refractivity contribution < 1.29 is 4.79 Å². The zero-order chi connectivity index (χ0) is 14.0. The van der Waals surface area contributed by atoms with Gasteiger partial charge in [-0.1, -0.05) is 30.1 Å². The number of Topliss-reactive ketones (excluding diaryl/α,β-unsaturated/α-hetero) is 1. The minimum absolute atomic E-state index is 0.00844. The van der Waals surface area contributed by atoms with Gasteiger partial charge < -0.3 is 0 Å². The van der Waals surface area contributed by atoms with Gasteiger partial charge >= 0.3 is 0 Å². The van der Waals surface area contributed by atoms with Crippen LogP contribution in [0.5, 0.6) is 0 Å². The Morgan fingerprint density at radius 1 is 1.37 bits per heavy atom. The van der Waals surface area contributed by atoms with Crippen molar-refractivity contribution in [2.45, 2.75) is 19.8 Å². The number of nitrogens with zero attached hydrogens (tertiary/aromatic N) is 2. The second kappa shape index (κ2) is 5.76. The fourth-order valence-corrected chi connectivity index (χ4v) is 2.35. The van der Waals surface area contributed by atoms with Crippen molar-refractivity contribution in [3.63, 3.8) is 0 Å². The SMILES string of the molecule is CCc1nn(C)cc1C(=O)Cc1cc(Cl)ccc1Cl. The molecule has 0 aliphatic rings. The molecule has 1 aromatic heterocycles. The summed E-state index contributed by atoms with van der Waals surface area (Å²) in [5.74, 6) is 0.00844. The maximum atomic E-state index is 12.3. The first kappa shape index (κ1) is 14.1. The lowest BCUT2D eigenvalue weighted by atomic mass is 10.0. The van der Waals surface area contributed by atoms with Crippen molar-refractivity contribution >= 4 is 29.0 Å². The molecule has 19 heavy (non-hydrogen) atoms. The predicted octanol–water partition coefficient (Wildman–Crippen LogP) is 3.71. The Morgan fingerprint density at radius 3 is 2.79 bits per heavy atom. The highest BCUT2D eigenvalue weighted by atomic mass is 35.5. The summed E-state index contributed by atoms with van der Waals surface area (Å²) in [5.41, 5.74) is 2.21. The lowest BCUT2D eigenvalue weighted by molar-refractivity contribution is 0.0992. The Labute approximate surface area is 122 Å². The molecule has 0 aliphatic heterocycles. The van der Waals surface area contributed by atoms with Crippen LogP contribution < -0.4 is 0 Å². The first-order valence-electron chi connectivity index (χ1n) is 6.01. The number of aromatic nitrogens is 2. The summed E-state index contributed by atoms with van der Waals surface area (Å²) in [4.78, 5) is 12.3. The van der Waals surface area contributed by atoms with E-state index < -0.39 is 0 Å². The molecule has 0 atom stereocenters. The van der Waals surface area contributed by atoms with Gasteiger partial charge in [0.2, 0.25) is 0 Å². The second-order valence-electron chi connectivity index (χ2n) is 4.35. The van der Waals surface area contributed by atoms with E-state index in [4.69, 9.17) is 23.2 Å². The highest BCUT2D eigenvalue weighted by molar-refractivity contribution is 6.33. The van der Waals surface area contributed by atoms with Gasteiger partial charge in [0.05, 0.1) is 11.3 Å². The molecule has 0 saturated carbocycles. The molecule has 0 radical (unpaired) electrons. The Kier molecular flexibility index (Phi) is 4.27. The zero-order valence-electron chi connectivity index (χ0n) is 10.8. The minimum Gasteiger partial charge on any atom is -0.294 e. The third-order valence-corrected chi connectivity index (χ3v) is 3.50. The monoisotopic (exact) mass is 296 g/mol. The average molecular weight is 297 g/mol. The normalized spacial score (nSPS) is 10.7. The van der Waals surface area contributed by atoms with Crippen LogP contribution in [0.1, 0.15) is 28.5 Å². The van der Waals surface area contributed by atoms with E-state index in [2.05, 4.69) is 5.10 Å². The molecule has 100 valence electrons. The molecule has 1 heterocycles. The Morgan fingerprint density at radius 2 is 2.11 bits per heavy atom. The van der Waals surface area contributed by atoms with Crippen LogP contribution in [-0.4, -0.2) is 15.6 Å². The molecule has 0 aliphatic carbocycles. The molecule has 0 bridgehead atoms. The molecule has 0 fully saturated rings. The summed E-state index contributed by atoms with van der Waals surface area (Å²) >= 11 is 12.0. The minimum atomic E-state index is 0.00844. The van der Waals surface area contributed by atoms with E-state index in [0.717, 1.165) is 17.7 Å². The zero-order valence-corrected chi connectivity index (χ0v) is 12.3. The number of benzene rings is 1. The quantitative estimate of drug-likeness (QED) is 0.806. The van der Waals surface area contributed by atoms with Crippen LogP contribution in [0.4, 0.5) is 0 Å².